The van der Waals surface area contributed by atoms with E-state index in [0.29, 0.717) is 51.7 Å². The summed E-state index contributed by atoms with van der Waals surface area (Å²) in [5.74, 6) is 0.649. The first-order valence-corrected chi connectivity index (χ1v) is 11.9. The molecule has 2 aromatic heterocycles. The van der Waals surface area contributed by atoms with E-state index in [9.17, 15) is 9.59 Å². The summed E-state index contributed by atoms with van der Waals surface area (Å²) in [4.78, 5) is 34.7. The van der Waals surface area contributed by atoms with Crippen LogP contribution in [-0.4, -0.2) is 89.4 Å². The minimum atomic E-state index is -0.189. The molecule has 174 valence electrons. The molecular weight excluding hydrogens is 440 g/mol. The Labute approximate surface area is 197 Å². The van der Waals surface area contributed by atoms with Crippen molar-refractivity contribution in [3.63, 3.8) is 0 Å². The molecule has 33 heavy (non-hydrogen) atoms. The number of rotatable bonds is 9. The largest absolute Gasteiger partial charge is 0.385 e. The van der Waals surface area contributed by atoms with Crippen LogP contribution in [0, 0.1) is 0 Å². The average Bonchev–Trinajstić information content (AvgIpc) is 3.53. The van der Waals surface area contributed by atoms with Crippen LogP contribution < -0.4 is 5.32 Å². The van der Waals surface area contributed by atoms with Gasteiger partial charge in [0.1, 0.15) is 0 Å². The molecule has 1 fully saturated rings. The number of nitrogens with zero attached hydrogens (tertiary/aromatic N) is 5. The molecule has 0 aliphatic carbocycles. The molecule has 1 aliphatic heterocycles. The molecule has 0 atom stereocenters. The molecular formula is C23H28N6O3S. The van der Waals surface area contributed by atoms with Gasteiger partial charge in [-0.3, -0.25) is 14.5 Å². The molecule has 0 unspecified atom stereocenters. The third-order valence-electron chi connectivity index (χ3n) is 5.41. The monoisotopic (exact) mass is 468 g/mol. The zero-order chi connectivity index (χ0) is 23.0. The summed E-state index contributed by atoms with van der Waals surface area (Å²) in [6.45, 7) is 3.89. The molecule has 0 spiro atoms. The normalized spacial score (nSPS) is 14.4. The van der Waals surface area contributed by atoms with E-state index in [2.05, 4.69) is 20.3 Å². The van der Waals surface area contributed by atoms with E-state index < -0.39 is 0 Å². The second-order valence-corrected chi connectivity index (χ2v) is 8.70. The first kappa shape index (κ1) is 23.1. The summed E-state index contributed by atoms with van der Waals surface area (Å²) in [5.41, 5.74) is 0.855. The zero-order valence-corrected chi connectivity index (χ0v) is 19.5. The van der Waals surface area contributed by atoms with Crippen LogP contribution in [0.15, 0.2) is 47.8 Å². The van der Waals surface area contributed by atoms with Gasteiger partial charge in [0.25, 0.3) is 5.91 Å². The number of carbonyl (C=O) groups is 2. The molecule has 1 aromatic carbocycles. The minimum Gasteiger partial charge on any atom is -0.385 e. The highest BCUT2D eigenvalue weighted by Gasteiger charge is 2.27. The number of thiophene rings is 1. The maximum absolute atomic E-state index is 13.2. The van der Waals surface area contributed by atoms with E-state index in [4.69, 9.17) is 4.74 Å². The highest BCUT2D eigenvalue weighted by atomic mass is 32.1. The Hall–Kier alpha value is -3.08. The van der Waals surface area contributed by atoms with Crippen LogP contribution in [0.4, 0.5) is 0 Å². The van der Waals surface area contributed by atoms with Crippen LogP contribution in [0.3, 0.4) is 0 Å². The summed E-state index contributed by atoms with van der Waals surface area (Å²) >= 11 is 1.56. The molecule has 3 aromatic rings. The summed E-state index contributed by atoms with van der Waals surface area (Å²) in [6, 6.07) is 13.6. The molecule has 1 saturated heterocycles. The van der Waals surface area contributed by atoms with Crippen molar-refractivity contribution in [1.29, 1.82) is 0 Å². The van der Waals surface area contributed by atoms with Crippen LogP contribution in [0.1, 0.15) is 17.0 Å². The van der Waals surface area contributed by atoms with Crippen molar-refractivity contribution < 1.29 is 14.3 Å². The molecule has 1 N–H and O–H groups in total. The lowest BCUT2D eigenvalue weighted by molar-refractivity contribution is -0.122. The molecule has 9 nitrogen and oxygen atoms in total. The quantitative estimate of drug-likeness (QED) is 0.483. The van der Waals surface area contributed by atoms with E-state index in [0.717, 1.165) is 17.0 Å². The van der Waals surface area contributed by atoms with E-state index in [1.54, 1.807) is 28.0 Å². The fraction of sp³-hybridized carbons (Fsp3) is 0.391. The van der Waals surface area contributed by atoms with Crippen LogP contribution in [0.2, 0.25) is 0 Å². The number of aromatic nitrogens is 3. The topological polar surface area (TPSA) is 92.6 Å². The minimum absolute atomic E-state index is 0.00487. The van der Waals surface area contributed by atoms with Crippen molar-refractivity contribution >= 4 is 23.2 Å². The molecule has 4 rings (SSSR count). The molecule has 0 bridgehead atoms. The Morgan fingerprint density at radius 3 is 2.58 bits per heavy atom. The second-order valence-electron chi connectivity index (χ2n) is 7.75. The predicted molar refractivity (Wildman–Crippen MR) is 127 cm³/mol. The number of para-hydroxylation sites is 1. The third-order valence-corrected chi connectivity index (χ3v) is 6.28. The van der Waals surface area contributed by atoms with Crippen LogP contribution in [0.25, 0.3) is 16.4 Å². The third kappa shape index (κ3) is 5.84. The van der Waals surface area contributed by atoms with Gasteiger partial charge in [-0.15, -0.1) is 16.4 Å². The number of carbonyl (C=O) groups excluding carboxylic acids is 2. The van der Waals surface area contributed by atoms with Gasteiger partial charge in [-0.2, -0.15) is 0 Å². The first-order chi connectivity index (χ1) is 16.2. The Bertz CT molecular complexity index is 1050. The molecule has 10 heteroatoms. The average molecular weight is 469 g/mol. The van der Waals surface area contributed by atoms with Crippen molar-refractivity contribution in [2.75, 3.05) is 53.0 Å². The van der Waals surface area contributed by atoms with Gasteiger partial charge in [-0.05, 0) is 30.0 Å². The number of piperazine rings is 1. The fourth-order valence-corrected chi connectivity index (χ4v) is 4.37. The van der Waals surface area contributed by atoms with Crippen LogP contribution in [-0.2, 0) is 9.53 Å². The van der Waals surface area contributed by atoms with E-state index >= 15 is 0 Å². The maximum Gasteiger partial charge on any atom is 0.293 e. The van der Waals surface area contributed by atoms with Gasteiger partial charge in [0.15, 0.2) is 5.82 Å². The highest BCUT2D eigenvalue weighted by Crippen LogP contribution is 2.26. The lowest BCUT2D eigenvalue weighted by Gasteiger charge is -2.33. The van der Waals surface area contributed by atoms with Crippen molar-refractivity contribution in [2.45, 2.75) is 6.42 Å². The Morgan fingerprint density at radius 2 is 1.88 bits per heavy atom. The number of amides is 2. The van der Waals surface area contributed by atoms with Gasteiger partial charge >= 0.3 is 0 Å². The molecule has 2 amide bonds. The highest BCUT2D eigenvalue weighted by molar-refractivity contribution is 7.13. The van der Waals surface area contributed by atoms with Crippen LogP contribution >= 0.6 is 11.3 Å². The maximum atomic E-state index is 13.2. The Balaban J connectivity index is 1.39. The van der Waals surface area contributed by atoms with E-state index in [-0.39, 0.29) is 17.6 Å². The summed E-state index contributed by atoms with van der Waals surface area (Å²) < 4.78 is 6.71. The number of ether oxygens (including phenoxy) is 1. The van der Waals surface area contributed by atoms with Crippen molar-refractivity contribution in [3.8, 4) is 16.4 Å². The number of benzene rings is 1. The summed E-state index contributed by atoms with van der Waals surface area (Å²) in [6.07, 6.45) is 0.792. The standard InChI is InChI=1S/C23H28N6O3S/c1-32-15-6-10-24-20(30)17-27-11-13-28(14-12-27)23(31)21-25-22(19-9-5-16-33-19)29(26-21)18-7-3-2-4-8-18/h2-5,7-9,16H,6,10-15,17H2,1H3,(H,24,30). The van der Waals surface area contributed by atoms with Gasteiger partial charge in [0, 0.05) is 46.4 Å². The predicted octanol–water partition coefficient (Wildman–Crippen LogP) is 1.91. The van der Waals surface area contributed by atoms with Gasteiger partial charge in [0.05, 0.1) is 17.1 Å². The summed E-state index contributed by atoms with van der Waals surface area (Å²) in [7, 11) is 1.65. The van der Waals surface area contributed by atoms with Gasteiger partial charge in [-0.25, -0.2) is 9.67 Å². The molecule has 0 radical (unpaired) electrons. The zero-order valence-electron chi connectivity index (χ0n) is 18.6. The summed E-state index contributed by atoms with van der Waals surface area (Å²) in [5, 5.41) is 9.44. The lowest BCUT2D eigenvalue weighted by atomic mass is 10.3. The van der Waals surface area contributed by atoms with Crippen LogP contribution in [0.5, 0.6) is 0 Å². The molecule has 3 heterocycles. The smallest absolute Gasteiger partial charge is 0.293 e. The Kier molecular flexibility index (Phi) is 7.82. The number of hydrogen-bond donors (Lipinski definition) is 1. The van der Waals surface area contributed by atoms with E-state index in [1.165, 1.54) is 0 Å². The first-order valence-electron chi connectivity index (χ1n) is 11.0. The van der Waals surface area contributed by atoms with Crippen molar-refractivity contribution in [2.24, 2.45) is 0 Å². The van der Waals surface area contributed by atoms with Gasteiger partial charge in [-0.1, -0.05) is 24.3 Å². The van der Waals surface area contributed by atoms with Crippen molar-refractivity contribution in [3.05, 3.63) is 53.7 Å². The van der Waals surface area contributed by atoms with Gasteiger partial charge < -0.3 is 15.0 Å². The SMILES string of the molecule is COCCCNC(=O)CN1CCN(C(=O)c2nc(-c3cccs3)n(-c3ccccc3)n2)CC1. The number of methoxy groups -OCH3 is 1. The lowest BCUT2D eigenvalue weighted by Crippen LogP contribution is -2.51. The molecule has 0 saturated carbocycles. The Morgan fingerprint density at radius 1 is 1.09 bits per heavy atom. The molecule has 1 aliphatic rings. The number of nitrogens with one attached hydrogen (secondary N) is 1. The van der Waals surface area contributed by atoms with E-state index in [1.807, 2.05) is 47.8 Å². The van der Waals surface area contributed by atoms with Crippen molar-refractivity contribution in [1.82, 2.24) is 29.9 Å². The number of hydrogen-bond acceptors (Lipinski definition) is 7. The second kappa shape index (κ2) is 11.2. The van der Waals surface area contributed by atoms with Gasteiger partial charge in [0.2, 0.25) is 11.7 Å². The fourth-order valence-electron chi connectivity index (χ4n) is 3.67.